The van der Waals surface area contributed by atoms with Crippen LogP contribution in [0.2, 0.25) is 0 Å². The topological polar surface area (TPSA) is 77.5 Å². The van der Waals surface area contributed by atoms with Crippen molar-refractivity contribution in [3.63, 3.8) is 0 Å². The van der Waals surface area contributed by atoms with Gasteiger partial charge in [-0.05, 0) is 36.8 Å². The maximum absolute atomic E-state index is 12.6. The number of thiazole rings is 1. The molecule has 0 bridgehead atoms. The molecule has 1 N–H and O–H groups in total. The number of benzene rings is 2. The van der Waals surface area contributed by atoms with Gasteiger partial charge in [-0.15, -0.1) is 0 Å². The molecule has 24 heavy (non-hydrogen) atoms. The summed E-state index contributed by atoms with van der Waals surface area (Å²) in [5, 5.41) is 0.338. The Labute approximate surface area is 143 Å². The zero-order valence-corrected chi connectivity index (χ0v) is 14.4. The Hall–Kier alpha value is -2.32. The Morgan fingerprint density at radius 1 is 1.08 bits per heavy atom. The van der Waals surface area contributed by atoms with Crippen LogP contribution in [0.4, 0.5) is 5.13 Å². The summed E-state index contributed by atoms with van der Waals surface area (Å²) in [6.45, 7) is 2.85. The van der Waals surface area contributed by atoms with Gasteiger partial charge in [-0.1, -0.05) is 17.4 Å². The van der Waals surface area contributed by atoms with Gasteiger partial charge in [0, 0.05) is 6.07 Å². The predicted octanol–water partition coefficient (Wildman–Crippen LogP) is 3.18. The van der Waals surface area contributed by atoms with Crippen molar-refractivity contribution in [3.05, 3.63) is 42.0 Å². The third-order valence-corrected chi connectivity index (χ3v) is 5.99. The highest BCUT2D eigenvalue weighted by Gasteiger charge is 2.20. The molecule has 4 rings (SSSR count). The van der Waals surface area contributed by atoms with Gasteiger partial charge in [0.2, 0.25) is 0 Å². The molecule has 2 heterocycles. The molecule has 8 heteroatoms. The third kappa shape index (κ3) is 2.78. The Bertz CT molecular complexity index is 1030. The molecule has 0 fully saturated rings. The minimum absolute atomic E-state index is 0.113. The highest BCUT2D eigenvalue weighted by atomic mass is 32.2. The second-order valence-corrected chi connectivity index (χ2v) is 8.11. The first-order chi connectivity index (χ1) is 11.5. The summed E-state index contributed by atoms with van der Waals surface area (Å²) < 4.78 is 39.5. The maximum Gasteiger partial charge on any atom is 0.263 e. The summed E-state index contributed by atoms with van der Waals surface area (Å²) in [6, 6.07) is 10.4. The molecule has 124 valence electrons. The molecule has 2 aromatic carbocycles. The normalized spacial score (nSPS) is 13.9. The van der Waals surface area contributed by atoms with Crippen molar-refractivity contribution in [2.45, 2.75) is 11.8 Å². The van der Waals surface area contributed by atoms with Crippen LogP contribution in [0.25, 0.3) is 10.2 Å². The lowest BCUT2D eigenvalue weighted by molar-refractivity contribution is 0.171. The summed E-state index contributed by atoms with van der Waals surface area (Å²) in [4.78, 5) is 4.44. The van der Waals surface area contributed by atoms with Crippen LogP contribution in [0.1, 0.15) is 5.56 Å². The van der Waals surface area contributed by atoms with Gasteiger partial charge in [-0.2, -0.15) is 0 Å². The van der Waals surface area contributed by atoms with E-state index in [4.69, 9.17) is 9.47 Å². The van der Waals surface area contributed by atoms with Crippen LogP contribution < -0.4 is 14.2 Å². The molecule has 0 spiro atoms. The van der Waals surface area contributed by atoms with E-state index in [0.717, 1.165) is 15.8 Å². The van der Waals surface area contributed by atoms with Crippen LogP contribution in [-0.4, -0.2) is 26.6 Å². The van der Waals surface area contributed by atoms with Gasteiger partial charge in [-0.3, -0.25) is 4.72 Å². The van der Waals surface area contributed by atoms with E-state index in [9.17, 15) is 8.42 Å². The lowest BCUT2D eigenvalue weighted by atomic mass is 10.2. The third-order valence-electron chi connectivity index (χ3n) is 3.59. The zero-order chi connectivity index (χ0) is 16.7. The zero-order valence-electron chi connectivity index (χ0n) is 12.8. The van der Waals surface area contributed by atoms with Crippen LogP contribution in [-0.2, 0) is 10.0 Å². The lowest BCUT2D eigenvalue weighted by Gasteiger charge is -2.18. The summed E-state index contributed by atoms with van der Waals surface area (Å²) in [5.41, 5.74) is 1.87. The Balaban J connectivity index is 1.66. The lowest BCUT2D eigenvalue weighted by Crippen LogP contribution is -2.17. The number of hydrogen-bond donors (Lipinski definition) is 1. The van der Waals surface area contributed by atoms with E-state index in [-0.39, 0.29) is 4.90 Å². The molecule has 3 aromatic rings. The number of aromatic nitrogens is 1. The van der Waals surface area contributed by atoms with Gasteiger partial charge in [0.05, 0.1) is 15.1 Å². The summed E-state index contributed by atoms with van der Waals surface area (Å²) in [5.74, 6) is 0.986. The van der Waals surface area contributed by atoms with Crippen molar-refractivity contribution in [1.82, 2.24) is 4.98 Å². The molecular weight excluding hydrogens is 348 g/mol. The standard InChI is InChI=1S/C16H14N2O4S2/c1-10-2-4-12-15(8-10)23-16(17-12)18-24(19,20)11-3-5-13-14(9-11)22-7-6-21-13/h2-5,8-9H,6-7H2,1H3,(H,17,18). The minimum atomic E-state index is -3.74. The van der Waals surface area contributed by atoms with Crippen LogP contribution in [0.15, 0.2) is 41.3 Å². The number of anilines is 1. The minimum Gasteiger partial charge on any atom is -0.486 e. The number of sulfonamides is 1. The van der Waals surface area contributed by atoms with E-state index in [2.05, 4.69) is 9.71 Å². The van der Waals surface area contributed by atoms with Crippen LogP contribution >= 0.6 is 11.3 Å². The average Bonchev–Trinajstić information content (AvgIpc) is 2.94. The van der Waals surface area contributed by atoms with Crippen molar-refractivity contribution in [3.8, 4) is 11.5 Å². The van der Waals surface area contributed by atoms with Gasteiger partial charge in [-0.25, -0.2) is 13.4 Å². The molecule has 0 unspecified atom stereocenters. The highest BCUT2D eigenvalue weighted by molar-refractivity contribution is 7.93. The number of aryl methyl sites for hydroxylation is 1. The number of fused-ring (bicyclic) bond motifs is 2. The van der Waals surface area contributed by atoms with E-state index < -0.39 is 10.0 Å². The SMILES string of the molecule is Cc1ccc2nc(NS(=O)(=O)c3ccc4c(c3)OCCO4)sc2c1. The van der Waals surface area contributed by atoms with Crippen LogP contribution in [0, 0.1) is 6.92 Å². The Morgan fingerprint density at radius 2 is 1.88 bits per heavy atom. The van der Waals surface area contributed by atoms with Crippen molar-refractivity contribution in [2.75, 3.05) is 17.9 Å². The molecule has 0 atom stereocenters. The number of ether oxygens (including phenoxy) is 2. The number of nitrogens with zero attached hydrogens (tertiary/aromatic N) is 1. The Morgan fingerprint density at radius 3 is 2.71 bits per heavy atom. The van der Waals surface area contributed by atoms with Crippen molar-refractivity contribution >= 4 is 36.7 Å². The van der Waals surface area contributed by atoms with Crippen molar-refractivity contribution in [1.29, 1.82) is 0 Å². The average molecular weight is 362 g/mol. The molecular formula is C16H14N2O4S2. The van der Waals surface area contributed by atoms with Crippen LogP contribution in [0.3, 0.4) is 0 Å². The molecule has 6 nitrogen and oxygen atoms in total. The Kier molecular flexibility index (Phi) is 3.58. The quantitative estimate of drug-likeness (QED) is 0.774. The fourth-order valence-corrected chi connectivity index (χ4v) is 4.65. The second-order valence-electron chi connectivity index (χ2n) is 5.40. The molecule has 0 amide bonds. The van der Waals surface area contributed by atoms with Gasteiger partial charge in [0.15, 0.2) is 16.6 Å². The number of nitrogens with one attached hydrogen (secondary N) is 1. The second kappa shape index (κ2) is 5.64. The highest BCUT2D eigenvalue weighted by Crippen LogP contribution is 2.33. The molecule has 0 radical (unpaired) electrons. The van der Waals surface area contributed by atoms with Gasteiger partial charge >= 0.3 is 0 Å². The summed E-state index contributed by atoms with van der Waals surface area (Å²) in [6.07, 6.45) is 0. The van der Waals surface area contributed by atoms with Crippen LogP contribution in [0.5, 0.6) is 11.5 Å². The first-order valence-electron chi connectivity index (χ1n) is 7.31. The maximum atomic E-state index is 12.6. The summed E-state index contributed by atoms with van der Waals surface area (Å²) >= 11 is 1.30. The monoisotopic (exact) mass is 362 g/mol. The molecule has 1 aliphatic heterocycles. The first kappa shape index (κ1) is 15.2. The van der Waals surface area contributed by atoms with Gasteiger partial charge in [0.25, 0.3) is 10.0 Å². The first-order valence-corrected chi connectivity index (χ1v) is 9.61. The fourth-order valence-electron chi connectivity index (χ4n) is 2.44. The van der Waals surface area contributed by atoms with E-state index in [1.165, 1.54) is 23.5 Å². The summed E-state index contributed by atoms with van der Waals surface area (Å²) in [7, 11) is -3.74. The molecule has 0 aliphatic carbocycles. The molecule has 1 aliphatic rings. The van der Waals surface area contributed by atoms with E-state index >= 15 is 0 Å². The smallest absolute Gasteiger partial charge is 0.263 e. The van der Waals surface area contributed by atoms with Crippen molar-refractivity contribution < 1.29 is 17.9 Å². The fraction of sp³-hybridized carbons (Fsp3) is 0.188. The molecule has 1 aromatic heterocycles. The largest absolute Gasteiger partial charge is 0.486 e. The number of hydrogen-bond acceptors (Lipinski definition) is 6. The van der Waals surface area contributed by atoms with E-state index in [0.29, 0.717) is 29.8 Å². The van der Waals surface area contributed by atoms with Gasteiger partial charge < -0.3 is 9.47 Å². The van der Waals surface area contributed by atoms with E-state index in [1.54, 1.807) is 6.07 Å². The van der Waals surface area contributed by atoms with Gasteiger partial charge in [0.1, 0.15) is 13.2 Å². The van der Waals surface area contributed by atoms with E-state index in [1.807, 2.05) is 25.1 Å². The molecule has 0 saturated carbocycles. The molecule has 0 saturated heterocycles. The number of rotatable bonds is 3. The van der Waals surface area contributed by atoms with Crippen molar-refractivity contribution in [2.24, 2.45) is 0 Å². The predicted molar refractivity (Wildman–Crippen MR) is 92.6 cm³/mol.